The lowest BCUT2D eigenvalue weighted by Crippen LogP contribution is -2.54. The number of alkyl halides is 3. The van der Waals surface area contributed by atoms with Crippen molar-refractivity contribution in [3.63, 3.8) is 0 Å². The second-order valence-corrected chi connectivity index (χ2v) is 6.22. The molecule has 2 rings (SSSR count). The molecule has 2 nitrogen and oxygen atoms in total. The van der Waals surface area contributed by atoms with E-state index in [1.165, 1.54) is 0 Å². The van der Waals surface area contributed by atoms with E-state index in [0.29, 0.717) is 5.92 Å². The van der Waals surface area contributed by atoms with E-state index in [4.69, 9.17) is 5.73 Å². The Bertz CT molecular complexity index is 289. The van der Waals surface area contributed by atoms with E-state index >= 15 is 0 Å². The third-order valence-corrected chi connectivity index (χ3v) is 4.48. The lowest BCUT2D eigenvalue weighted by molar-refractivity contribution is -0.155. The summed E-state index contributed by atoms with van der Waals surface area (Å²) >= 11 is 0. The number of rotatable bonds is 5. The Morgan fingerprint density at radius 2 is 1.84 bits per heavy atom. The Morgan fingerprint density at radius 3 is 2.37 bits per heavy atom. The van der Waals surface area contributed by atoms with Gasteiger partial charge in [0.1, 0.15) is 0 Å². The molecule has 0 spiro atoms. The molecule has 3 unspecified atom stereocenters. The zero-order valence-corrected chi connectivity index (χ0v) is 11.6. The highest BCUT2D eigenvalue weighted by atomic mass is 19.4. The van der Waals surface area contributed by atoms with Crippen LogP contribution in [0.1, 0.15) is 51.9 Å². The van der Waals surface area contributed by atoms with Crippen molar-refractivity contribution in [1.29, 1.82) is 0 Å². The van der Waals surface area contributed by atoms with Gasteiger partial charge in [0.15, 0.2) is 0 Å². The maximum absolute atomic E-state index is 12.7. The summed E-state index contributed by atoms with van der Waals surface area (Å²) in [4.78, 5) is 1.66. The SMILES string of the molecule is CCCC1CCC(N)C(N(CC(F)(F)F)C2CC2)C1. The third-order valence-electron chi connectivity index (χ3n) is 4.48. The van der Waals surface area contributed by atoms with E-state index in [0.717, 1.165) is 44.9 Å². The van der Waals surface area contributed by atoms with Crippen LogP contribution in [0, 0.1) is 5.92 Å². The summed E-state index contributed by atoms with van der Waals surface area (Å²) < 4.78 is 38.2. The fourth-order valence-corrected chi connectivity index (χ4v) is 3.44. The van der Waals surface area contributed by atoms with Gasteiger partial charge in [0.05, 0.1) is 6.54 Å². The molecule has 2 N–H and O–H groups in total. The average molecular weight is 278 g/mol. The number of hydrogen-bond acceptors (Lipinski definition) is 2. The van der Waals surface area contributed by atoms with Gasteiger partial charge in [-0.25, -0.2) is 0 Å². The highest BCUT2D eigenvalue weighted by Gasteiger charge is 2.44. The van der Waals surface area contributed by atoms with Crippen LogP contribution < -0.4 is 5.73 Å². The monoisotopic (exact) mass is 278 g/mol. The van der Waals surface area contributed by atoms with E-state index in [1.807, 2.05) is 0 Å². The molecule has 2 fully saturated rings. The molecular weight excluding hydrogens is 253 g/mol. The van der Waals surface area contributed by atoms with Crippen molar-refractivity contribution < 1.29 is 13.2 Å². The normalized spacial score (nSPS) is 32.8. The largest absolute Gasteiger partial charge is 0.401 e. The Balaban J connectivity index is 2.01. The van der Waals surface area contributed by atoms with Crippen LogP contribution in [0.3, 0.4) is 0 Å². The maximum Gasteiger partial charge on any atom is 0.401 e. The summed E-state index contributed by atoms with van der Waals surface area (Å²) in [5.41, 5.74) is 6.11. The smallest absolute Gasteiger partial charge is 0.326 e. The summed E-state index contributed by atoms with van der Waals surface area (Å²) in [5, 5.41) is 0. The second-order valence-electron chi connectivity index (χ2n) is 6.22. The standard InChI is InChI=1S/C14H25F3N2/c1-2-3-10-4-7-12(18)13(8-10)19(11-5-6-11)9-14(15,16)17/h10-13H,2-9,18H2,1H3. The van der Waals surface area contributed by atoms with Crippen LogP contribution in [0.25, 0.3) is 0 Å². The Labute approximate surface area is 113 Å². The van der Waals surface area contributed by atoms with E-state index in [9.17, 15) is 13.2 Å². The van der Waals surface area contributed by atoms with Crippen LogP contribution >= 0.6 is 0 Å². The second kappa shape index (κ2) is 6.00. The van der Waals surface area contributed by atoms with Crippen molar-refractivity contribution >= 4 is 0 Å². The molecule has 0 aliphatic heterocycles. The molecule has 0 radical (unpaired) electrons. The van der Waals surface area contributed by atoms with Gasteiger partial charge in [-0.1, -0.05) is 19.8 Å². The minimum absolute atomic E-state index is 0.0700. The summed E-state index contributed by atoms with van der Waals surface area (Å²) in [6.07, 6.45) is 2.71. The highest BCUT2D eigenvalue weighted by Crippen LogP contribution is 2.38. The molecular formula is C14H25F3N2. The van der Waals surface area contributed by atoms with Crippen molar-refractivity contribution in [2.75, 3.05) is 6.54 Å². The average Bonchev–Trinajstić information content (AvgIpc) is 3.12. The molecule has 2 aliphatic carbocycles. The van der Waals surface area contributed by atoms with Gasteiger partial charge in [0.2, 0.25) is 0 Å². The van der Waals surface area contributed by atoms with Gasteiger partial charge in [-0.05, 0) is 38.0 Å². The Hall–Kier alpha value is -0.290. The zero-order valence-electron chi connectivity index (χ0n) is 11.6. The first-order chi connectivity index (χ1) is 8.90. The first kappa shape index (κ1) is 15.1. The minimum Gasteiger partial charge on any atom is -0.326 e. The van der Waals surface area contributed by atoms with Crippen LogP contribution in [0.15, 0.2) is 0 Å². The topological polar surface area (TPSA) is 29.3 Å². The first-order valence-corrected chi connectivity index (χ1v) is 7.48. The molecule has 2 aliphatic rings. The van der Waals surface area contributed by atoms with Crippen LogP contribution in [-0.4, -0.2) is 35.7 Å². The molecule has 0 heterocycles. The van der Waals surface area contributed by atoms with Gasteiger partial charge in [-0.2, -0.15) is 13.2 Å². The molecule has 0 aromatic rings. The molecule has 0 aromatic carbocycles. The van der Waals surface area contributed by atoms with Gasteiger partial charge in [-0.15, -0.1) is 0 Å². The summed E-state index contributed by atoms with van der Waals surface area (Å²) in [5.74, 6) is 0.560. The van der Waals surface area contributed by atoms with Gasteiger partial charge in [-0.3, -0.25) is 4.90 Å². The Morgan fingerprint density at radius 1 is 1.16 bits per heavy atom. The van der Waals surface area contributed by atoms with E-state index in [2.05, 4.69) is 6.92 Å². The van der Waals surface area contributed by atoms with Gasteiger partial charge >= 0.3 is 6.18 Å². The fraction of sp³-hybridized carbons (Fsp3) is 1.00. The number of halogens is 3. The lowest BCUT2D eigenvalue weighted by atomic mass is 9.79. The number of nitrogens with zero attached hydrogens (tertiary/aromatic N) is 1. The molecule has 2 saturated carbocycles. The van der Waals surface area contributed by atoms with E-state index in [1.54, 1.807) is 4.90 Å². The molecule has 0 aromatic heterocycles. The molecule has 19 heavy (non-hydrogen) atoms. The summed E-state index contributed by atoms with van der Waals surface area (Å²) in [6.45, 7) is 1.35. The zero-order chi connectivity index (χ0) is 14.0. The predicted molar refractivity (Wildman–Crippen MR) is 69.8 cm³/mol. The Kier molecular flexibility index (Phi) is 4.77. The number of nitrogens with two attached hydrogens (primary N) is 1. The van der Waals surface area contributed by atoms with Crippen molar-refractivity contribution in [3.8, 4) is 0 Å². The van der Waals surface area contributed by atoms with Crippen molar-refractivity contribution in [2.24, 2.45) is 11.7 Å². The fourth-order valence-electron chi connectivity index (χ4n) is 3.44. The molecule has 5 heteroatoms. The van der Waals surface area contributed by atoms with Crippen molar-refractivity contribution in [2.45, 2.75) is 76.2 Å². The van der Waals surface area contributed by atoms with Crippen LogP contribution in [0.2, 0.25) is 0 Å². The van der Waals surface area contributed by atoms with E-state index in [-0.39, 0.29) is 18.1 Å². The van der Waals surface area contributed by atoms with Crippen LogP contribution in [0.5, 0.6) is 0 Å². The molecule has 112 valence electrons. The van der Waals surface area contributed by atoms with Crippen molar-refractivity contribution in [1.82, 2.24) is 4.90 Å². The van der Waals surface area contributed by atoms with Crippen molar-refractivity contribution in [3.05, 3.63) is 0 Å². The quantitative estimate of drug-likeness (QED) is 0.836. The lowest BCUT2D eigenvalue weighted by Gasteiger charge is -2.42. The molecule has 0 saturated heterocycles. The molecule has 0 amide bonds. The number of hydrogen-bond donors (Lipinski definition) is 1. The summed E-state index contributed by atoms with van der Waals surface area (Å²) in [7, 11) is 0. The molecule has 0 bridgehead atoms. The predicted octanol–water partition coefficient (Wildman–Crippen LogP) is 3.31. The van der Waals surface area contributed by atoms with Gasteiger partial charge in [0.25, 0.3) is 0 Å². The maximum atomic E-state index is 12.7. The van der Waals surface area contributed by atoms with Crippen LogP contribution in [-0.2, 0) is 0 Å². The third kappa shape index (κ3) is 4.35. The van der Waals surface area contributed by atoms with Gasteiger partial charge in [0, 0.05) is 18.1 Å². The van der Waals surface area contributed by atoms with E-state index < -0.39 is 12.7 Å². The first-order valence-electron chi connectivity index (χ1n) is 7.48. The van der Waals surface area contributed by atoms with Gasteiger partial charge < -0.3 is 5.73 Å². The molecule has 3 atom stereocenters. The highest BCUT2D eigenvalue weighted by molar-refractivity contribution is 4.96. The van der Waals surface area contributed by atoms with Crippen LogP contribution in [0.4, 0.5) is 13.2 Å². The minimum atomic E-state index is -4.11. The summed E-state index contributed by atoms with van der Waals surface area (Å²) in [6, 6.07) is -0.0338.